The average Bonchev–Trinajstić information content (AvgIpc) is 2.49. The number of aldehydes is 1. The number of pyridine rings is 1. The highest BCUT2D eigenvalue weighted by Crippen LogP contribution is 2.22. The topological polar surface area (TPSA) is 34.9 Å². The van der Waals surface area contributed by atoms with Crippen molar-refractivity contribution in [1.82, 2.24) is 9.55 Å². The van der Waals surface area contributed by atoms with Crippen molar-refractivity contribution >= 4 is 17.3 Å². The van der Waals surface area contributed by atoms with Gasteiger partial charge in [-0.25, -0.2) is 4.98 Å². The van der Waals surface area contributed by atoms with Gasteiger partial charge in [0.2, 0.25) is 0 Å². The maximum atomic E-state index is 10.9. The smallest absolute Gasteiger partial charge is 0.152 e. The van der Waals surface area contributed by atoms with Gasteiger partial charge in [-0.2, -0.15) is 0 Å². The van der Waals surface area contributed by atoms with Crippen LogP contribution >= 0.6 is 0 Å². The lowest BCUT2D eigenvalue weighted by Crippen LogP contribution is -1.97. The molecule has 3 heteroatoms. The summed E-state index contributed by atoms with van der Waals surface area (Å²) in [4.78, 5) is 15.2. The Labute approximate surface area is 82.4 Å². The number of hydrogen-bond donors (Lipinski definition) is 0. The van der Waals surface area contributed by atoms with Crippen molar-refractivity contribution in [2.45, 2.75) is 20.4 Å². The second-order valence-corrected chi connectivity index (χ2v) is 3.24. The predicted molar refractivity (Wildman–Crippen MR) is 55.5 cm³/mol. The van der Waals surface area contributed by atoms with Crippen LogP contribution in [0.2, 0.25) is 0 Å². The van der Waals surface area contributed by atoms with E-state index in [1.54, 1.807) is 6.20 Å². The molecule has 0 unspecified atom stereocenters. The molecule has 0 aromatic carbocycles. The highest BCUT2D eigenvalue weighted by Gasteiger charge is 2.12. The molecule has 0 saturated carbocycles. The van der Waals surface area contributed by atoms with Gasteiger partial charge in [0, 0.05) is 29.4 Å². The first-order valence-electron chi connectivity index (χ1n) is 4.68. The lowest BCUT2D eigenvalue weighted by atomic mass is 10.2. The van der Waals surface area contributed by atoms with Gasteiger partial charge in [-0.15, -0.1) is 0 Å². The summed E-state index contributed by atoms with van der Waals surface area (Å²) in [6, 6.07) is 3.79. The maximum absolute atomic E-state index is 10.9. The van der Waals surface area contributed by atoms with Crippen LogP contribution in [0.25, 0.3) is 11.0 Å². The van der Waals surface area contributed by atoms with E-state index in [1.807, 2.05) is 19.1 Å². The number of aryl methyl sites for hydroxylation is 1. The van der Waals surface area contributed by atoms with E-state index in [0.29, 0.717) is 0 Å². The normalized spacial score (nSPS) is 10.7. The van der Waals surface area contributed by atoms with Gasteiger partial charge < -0.3 is 4.57 Å². The Morgan fingerprint density at radius 1 is 1.57 bits per heavy atom. The van der Waals surface area contributed by atoms with E-state index in [9.17, 15) is 4.79 Å². The van der Waals surface area contributed by atoms with E-state index in [2.05, 4.69) is 16.5 Å². The Morgan fingerprint density at radius 3 is 3.00 bits per heavy atom. The predicted octanol–water partition coefficient (Wildman–Crippen LogP) is 2.18. The zero-order chi connectivity index (χ0) is 10.1. The zero-order valence-corrected chi connectivity index (χ0v) is 8.32. The van der Waals surface area contributed by atoms with E-state index in [1.165, 1.54) is 0 Å². The maximum Gasteiger partial charge on any atom is 0.152 e. The van der Waals surface area contributed by atoms with Gasteiger partial charge in [0.25, 0.3) is 0 Å². The van der Waals surface area contributed by atoms with E-state index >= 15 is 0 Å². The molecule has 2 aromatic rings. The first kappa shape index (κ1) is 8.94. The number of carbonyl (C=O) groups is 1. The Hall–Kier alpha value is -1.64. The SMILES string of the molecule is CCn1c(C)c(C=O)c2cccnc21. The monoisotopic (exact) mass is 188 g/mol. The minimum absolute atomic E-state index is 0.759. The lowest BCUT2D eigenvalue weighted by molar-refractivity contribution is 0.112. The van der Waals surface area contributed by atoms with Crippen LogP contribution in [0.1, 0.15) is 23.0 Å². The van der Waals surface area contributed by atoms with E-state index in [-0.39, 0.29) is 0 Å². The molecule has 0 aliphatic rings. The summed E-state index contributed by atoms with van der Waals surface area (Å²) >= 11 is 0. The third-order valence-corrected chi connectivity index (χ3v) is 2.56. The molecule has 2 heterocycles. The third-order valence-electron chi connectivity index (χ3n) is 2.56. The molecule has 0 amide bonds. The van der Waals surface area contributed by atoms with Gasteiger partial charge in [0.1, 0.15) is 5.65 Å². The Bertz CT molecular complexity index is 485. The molecule has 2 rings (SSSR count). The zero-order valence-electron chi connectivity index (χ0n) is 8.32. The summed E-state index contributed by atoms with van der Waals surface area (Å²) in [5.74, 6) is 0. The van der Waals surface area contributed by atoms with Gasteiger partial charge in [0.05, 0.1) is 0 Å². The van der Waals surface area contributed by atoms with Crippen molar-refractivity contribution in [3.63, 3.8) is 0 Å². The summed E-state index contributed by atoms with van der Waals surface area (Å²) in [5.41, 5.74) is 2.65. The summed E-state index contributed by atoms with van der Waals surface area (Å²) in [6.07, 6.45) is 2.66. The fourth-order valence-corrected chi connectivity index (χ4v) is 1.86. The summed E-state index contributed by atoms with van der Waals surface area (Å²) in [5, 5.41) is 0.946. The van der Waals surface area contributed by atoms with Crippen molar-refractivity contribution in [2.24, 2.45) is 0 Å². The number of fused-ring (bicyclic) bond motifs is 1. The average molecular weight is 188 g/mol. The molecule has 3 nitrogen and oxygen atoms in total. The van der Waals surface area contributed by atoms with Crippen LogP contribution < -0.4 is 0 Å². The van der Waals surface area contributed by atoms with Gasteiger partial charge in [-0.1, -0.05) is 0 Å². The van der Waals surface area contributed by atoms with E-state index in [4.69, 9.17) is 0 Å². The molecule has 72 valence electrons. The van der Waals surface area contributed by atoms with Crippen molar-refractivity contribution in [3.05, 3.63) is 29.6 Å². The minimum atomic E-state index is 0.759. The molecule has 0 atom stereocenters. The molecule has 0 aliphatic heterocycles. The second-order valence-electron chi connectivity index (χ2n) is 3.24. The van der Waals surface area contributed by atoms with Crippen molar-refractivity contribution < 1.29 is 4.79 Å². The number of nitrogens with zero attached hydrogens (tertiary/aromatic N) is 2. The molecule has 0 fully saturated rings. The fraction of sp³-hybridized carbons (Fsp3) is 0.273. The second kappa shape index (κ2) is 3.25. The van der Waals surface area contributed by atoms with Gasteiger partial charge in [-0.05, 0) is 26.0 Å². The van der Waals surface area contributed by atoms with Crippen molar-refractivity contribution in [1.29, 1.82) is 0 Å². The molecule has 0 aliphatic carbocycles. The first-order valence-corrected chi connectivity index (χ1v) is 4.68. The molecule has 0 saturated heterocycles. The minimum Gasteiger partial charge on any atom is -0.329 e. The Morgan fingerprint density at radius 2 is 2.36 bits per heavy atom. The van der Waals surface area contributed by atoms with Crippen LogP contribution in [0.4, 0.5) is 0 Å². The standard InChI is InChI=1S/C11H12N2O/c1-3-13-8(2)10(7-14)9-5-4-6-12-11(9)13/h4-7H,3H2,1-2H3. The molecule has 0 radical (unpaired) electrons. The van der Waals surface area contributed by atoms with Gasteiger partial charge in [0.15, 0.2) is 6.29 Å². The van der Waals surface area contributed by atoms with Crippen molar-refractivity contribution in [3.8, 4) is 0 Å². The van der Waals surface area contributed by atoms with Crippen LogP contribution in [0.5, 0.6) is 0 Å². The molecular formula is C11H12N2O. The number of aromatic nitrogens is 2. The van der Waals surface area contributed by atoms with Crippen LogP contribution in [-0.2, 0) is 6.54 Å². The van der Waals surface area contributed by atoms with Crippen molar-refractivity contribution in [2.75, 3.05) is 0 Å². The quantitative estimate of drug-likeness (QED) is 0.677. The molecule has 0 spiro atoms. The van der Waals surface area contributed by atoms with Crippen LogP contribution in [0.15, 0.2) is 18.3 Å². The lowest BCUT2D eigenvalue weighted by Gasteiger charge is -2.01. The number of rotatable bonds is 2. The highest BCUT2D eigenvalue weighted by molar-refractivity contribution is 5.97. The fourth-order valence-electron chi connectivity index (χ4n) is 1.86. The van der Waals surface area contributed by atoms with Crippen LogP contribution in [0, 0.1) is 6.92 Å². The summed E-state index contributed by atoms with van der Waals surface area (Å²) < 4.78 is 2.05. The third kappa shape index (κ3) is 1.05. The molecule has 14 heavy (non-hydrogen) atoms. The number of hydrogen-bond acceptors (Lipinski definition) is 2. The largest absolute Gasteiger partial charge is 0.329 e. The van der Waals surface area contributed by atoms with Gasteiger partial charge in [-0.3, -0.25) is 4.79 Å². The molecule has 0 N–H and O–H groups in total. The van der Waals surface area contributed by atoms with Crippen LogP contribution in [-0.4, -0.2) is 15.8 Å². The first-order chi connectivity index (χ1) is 6.79. The van der Waals surface area contributed by atoms with E-state index < -0.39 is 0 Å². The summed E-state index contributed by atoms with van der Waals surface area (Å²) in [7, 11) is 0. The van der Waals surface area contributed by atoms with E-state index in [0.717, 1.165) is 35.1 Å². The highest BCUT2D eigenvalue weighted by atomic mass is 16.1. The molecule has 0 bridgehead atoms. The van der Waals surface area contributed by atoms with Gasteiger partial charge >= 0.3 is 0 Å². The number of carbonyl (C=O) groups excluding carboxylic acids is 1. The van der Waals surface area contributed by atoms with Crippen LogP contribution in [0.3, 0.4) is 0 Å². The Kier molecular flexibility index (Phi) is 2.08. The molecular weight excluding hydrogens is 176 g/mol. The molecule has 2 aromatic heterocycles. The Balaban J connectivity index is 2.91. The summed E-state index contributed by atoms with van der Waals surface area (Å²) in [6.45, 7) is 4.85.